The van der Waals surface area contributed by atoms with E-state index in [0.29, 0.717) is 32.0 Å². The minimum absolute atomic E-state index is 0.0456. The zero-order chi connectivity index (χ0) is 15.4. The van der Waals surface area contributed by atoms with Gasteiger partial charge in [-0.1, -0.05) is 12.1 Å². The van der Waals surface area contributed by atoms with Crippen LogP contribution in [-0.2, 0) is 4.74 Å². The summed E-state index contributed by atoms with van der Waals surface area (Å²) in [6.45, 7) is 2.43. The number of nitrogens with zero attached hydrogens (tertiary/aromatic N) is 2. The number of aromatic nitrogens is 1. The lowest BCUT2D eigenvalue weighted by Gasteiger charge is -2.26. The summed E-state index contributed by atoms with van der Waals surface area (Å²) in [6.07, 6.45) is 1.67. The Morgan fingerprint density at radius 3 is 2.64 bits per heavy atom. The van der Waals surface area contributed by atoms with Gasteiger partial charge < -0.3 is 15.0 Å². The summed E-state index contributed by atoms with van der Waals surface area (Å²) in [5.41, 5.74) is 2.25. The molecule has 114 valence electrons. The second-order valence-electron chi connectivity index (χ2n) is 4.94. The van der Waals surface area contributed by atoms with Gasteiger partial charge in [0.2, 0.25) is 0 Å². The van der Waals surface area contributed by atoms with E-state index in [9.17, 15) is 4.79 Å². The summed E-state index contributed by atoms with van der Waals surface area (Å²) < 4.78 is 6.23. The molecular formula is C16H16BrN3O2. The van der Waals surface area contributed by atoms with Crippen LogP contribution >= 0.6 is 15.9 Å². The molecule has 1 aromatic carbocycles. The van der Waals surface area contributed by atoms with Crippen molar-refractivity contribution >= 4 is 33.2 Å². The molecule has 0 atom stereocenters. The minimum Gasteiger partial charge on any atom is -0.378 e. The maximum absolute atomic E-state index is 12.3. The zero-order valence-corrected chi connectivity index (χ0v) is 13.5. The third kappa shape index (κ3) is 3.45. The fourth-order valence-electron chi connectivity index (χ4n) is 2.24. The average Bonchev–Trinajstić information content (AvgIpc) is 2.58. The van der Waals surface area contributed by atoms with Crippen LogP contribution in [0.25, 0.3) is 0 Å². The lowest BCUT2D eigenvalue weighted by atomic mass is 10.2. The molecule has 0 spiro atoms. The first-order valence-corrected chi connectivity index (χ1v) is 7.88. The Kier molecular flexibility index (Phi) is 4.70. The fraction of sp³-hybridized carbons (Fsp3) is 0.250. The van der Waals surface area contributed by atoms with Crippen LogP contribution in [-0.4, -0.2) is 42.1 Å². The van der Waals surface area contributed by atoms with Crippen molar-refractivity contribution in [3.63, 3.8) is 0 Å². The molecule has 0 aliphatic carbocycles. The molecule has 3 rings (SSSR count). The predicted octanol–water partition coefficient (Wildman–Crippen LogP) is 3.06. The van der Waals surface area contributed by atoms with Gasteiger partial charge in [-0.25, -0.2) is 4.98 Å². The number of nitrogens with one attached hydrogen (secondary N) is 1. The molecule has 2 heterocycles. The number of pyridine rings is 1. The first kappa shape index (κ1) is 15.0. The summed E-state index contributed by atoms with van der Waals surface area (Å²) >= 11 is 3.49. The van der Waals surface area contributed by atoms with Crippen LogP contribution in [0.2, 0.25) is 0 Å². The number of ether oxygens (including phenoxy) is 1. The molecule has 0 bridgehead atoms. The largest absolute Gasteiger partial charge is 0.378 e. The Morgan fingerprint density at radius 1 is 1.18 bits per heavy atom. The Morgan fingerprint density at radius 2 is 1.95 bits per heavy atom. The van der Waals surface area contributed by atoms with E-state index in [4.69, 9.17) is 4.74 Å². The van der Waals surface area contributed by atoms with Gasteiger partial charge in [0.25, 0.3) is 5.91 Å². The number of amides is 1. The van der Waals surface area contributed by atoms with Crippen molar-refractivity contribution in [3.8, 4) is 0 Å². The lowest BCUT2D eigenvalue weighted by Crippen LogP contribution is -2.41. The molecule has 1 fully saturated rings. The summed E-state index contributed by atoms with van der Waals surface area (Å²) in [6, 6.07) is 11.5. The van der Waals surface area contributed by atoms with Crippen LogP contribution < -0.4 is 5.32 Å². The van der Waals surface area contributed by atoms with E-state index in [0.717, 1.165) is 15.8 Å². The van der Waals surface area contributed by atoms with Gasteiger partial charge in [-0.15, -0.1) is 0 Å². The number of hydrogen-bond acceptors (Lipinski definition) is 4. The van der Waals surface area contributed by atoms with Crippen LogP contribution in [0.5, 0.6) is 0 Å². The molecule has 5 nitrogen and oxygen atoms in total. The highest BCUT2D eigenvalue weighted by Crippen LogP contribution is 2.25. The van der Waals surface area contributed by atoms with Crippen molar-refractivity contribution in [1.29, 1.82) is 0 Å². The fourth-order valence-corrected chi connectivity index (χ4v) is 2.62. The van der Waals surface area contributed by atoms with Gasteiger partial charge in [0, 0.05) is 17.6 Å². The molecule has 0 saturated carbocycles. The van der Waals surface area contributed by atoms with Crippen molar-refractivity contribution in [2.24, 2.45) is 0 Å². The monoisotopic (exact) mass is 361 g/mol. The van der Waals surface area contributed by atoms with E-state index in [-0.39, 0.29) is 5.91 Å². The molecule has 1 aliphatic heterocycles. The van der Waals surface area contributed by atoms with Gasteiger partial charge in [-0.3, -0.25) is 4.79 Å². The number of hydrogen-bond donors (Lipinski definition) is 1. The Balaban J connectivity index is 1.70. The second-order valence-corrected chi connectivity index (χ2v) is 5.80. The Hall–Kier alpha value is -1.92. The Labute approximate surface area is 137 Å². The molecule has 0 unspecified atom stereocenters. The van der Waals surface area contributed by atoms with Crippen LogP contribution in [0, 0.1) is 0 Å². The van der Waals surface area contributed by atoms with Gasteiger partial charge in [-0.05, 0) is 40.2 Å². The van der Waals surface area contributed by atoms with Crippen LogP contribution in [0.3, 0.4) is 0 Å². The minimum atomic E-state index is -0.0456. The summed E-state index contributed by atoms with van der Waals surface area (Å²) in [7, 11) is 0. The van der Waals surface area contributed by atoms with E-state index < -0.39 is 0 Å². The molecule has 6 heteroatoms. The van der Waals surface area contributed by atoms with Gasteiger partial charge in [0.1, 0.15) is 5.69 Å². The summed E-state index contributed by atoms with van der Waals surface area (Å²) in [4.78, 5) is 18.3. The highest BCUT2D eigenvalue weighted by Gasteiger charge is 2.19. The van der Waals surface area contributed by atoms with Crippen LogP contribution in [0.1, 0.15) is 10.5 Å². The van der Waals surface area contributed by atoms with E-state index >= 15 is 0 Å². The standard InChI is InChI=1S/C16H16BrN3O2/c17-13-3-1-2-4-14(13)19-12-5-6-15(18-11-12)16(21)20-7-9-22-10-8-20/h1-6,11,19H,7-10H2. The second kappa shape index (κ2) is 6.89. The van der Waals surface area contributed by atoms with E-state index in [1.165, 1.54) is 0 Å². The first-order chi connectivity index (χ1) is 10.7. The van der Waals surface area contributed by atoms with Gasteiger partial charge in [0.05, 0.1) is 30.8 Å². The van der Waals surface area contributed by atoms with E-state index in [1.807, 2.05) is 30.3 Å². The topological polar surface area (TPSA) is 54.5 Å². The molecular weight excluding hydrogens is 346 g/mol. The molecule has 1 N–H and O–H groups in total. The smallest absolute Gasteiger partial charge is 0.272 e. The number of benzene rings is 1. The molecule has 1 aromatic heterocycles. The summed E-state index contributed by atoms with van der Waals surface area (Å²) in [5.74, 6) is -0.0456. The normalized spacial score (nSPS) is 14.7. The SMILES string of the molecule is O=C(c1ccc(Nc2ccccc2Br)cn1)N1CCOCC1. The third-order valence-electron chi connectivity index (χ3n) is 3.43. The van der Waals surface area contributed by atoms with Gasteiger partial charge >= 0.3 is 0 Å². The number of anilines is 2. The van der Waals surface area contributed by atoms with Crippen molar-refractivity contribution < 1.29 is 9.53 Å². The Bertz CT molecular complexity index is 655. The van der Waals surface area contributed by atoms with Crippen molar-refractivity contribution in [3.05, 3.63) is 52.8 Å². The molecule has 1 aliphatic rings. The number of para-hydroxylation sites is 1. The number of rotatable bonds is 3. The van der Waals surface area contributed by atoms with Crippen molar-refractivity contribution in [1.82, 2.24) is 9.88 Å². The van der Waals surface area contributed by atoms with E-state index in [1.54, 1.807) is 17.2 Å². The number of carbonyl (C=O) groups excluding carboxylic acids is 1. The van der Waals surface area contributed by atoms with E-state index in [2.05, 4.69) is 26.2 Å². The first-order valence-electron chi connectivity index (χ1n) is 7.09. The average molecular weight is 362 g/mol. The van der Waals surface area contributed by atoms with Gasteiger partial charge in [-0.2, -0.15) is 0 Å². The summed E-state index contributed by atoms with van der Waals surface area (Å²) in [5, 5.41) is 3.26. The lowest BCUT2D eigenvalue weighted by molar-refractivity contribution is 0.0299. The maximum atomic E-state index is 12.3. The number of morpholine rings is 1. The predicted molar refractivity (Wildman–Crippen MR) is 88.4 cm³/mol. The quantitative estimate of drug-likeness (QED) is 0.912. The molecule has 2 aromatic rings. The molecule has 1 saturated heterocycles. The highest BCUT2D eigenvalue weighted by atomic mass is 79.9. The number of halogens is 1. The number of carbonyl (C=O) groups is 1. The van der Waals surface area contributed by atoms with Gasteiger partial charge in [0.15, 0.2) is 0 Å². The molecule has 22 heavy (non-hydrogen) atoms. The van der Waals surface area contributed by atoms with Crippen LogP contribution in [0.15, 0.2) is 47.1 Å². The maximum Gasteiger partial charge on any atom is 0.272 e. The highest BCUT2D eigenvalue weighted by molar-refractivity contribution is 9.10. The zero-order valence-electron chi connectivity index (χ0n) is 12.0. The molecule has 0 radical (unpaired) electrons. The van der Waals surface area contributed by atoms with Crippen LogP contribution in [0.4, 0.5) is 11.4 Å². The molecule has 1 amide bonds. The van der Waals surface area contributed by atoms with Crippen molar-refractivity contribution in [2.75, 3.05) is 31.6 Å². The van der Waals surface area contributed by atoms with Crippen molar-refractivity contribution in [2.45, 2.75) is 0 Å². The third-order valence-corrected chi connectivity index (χ3v) is 4.13.